The van der Waals surface area contributed by atoms with Gasteiger partial charge in [0.15, 0.2) is 5.13 Å². The Morgan fingerprint density at radius 1 is 1.35 bits per heavy atom. The van der Waals surface area contributed by atoms with Crippen molar-refractivity contribution in [3.8, 4) is 0 Å². The number of aromatic nitrogens is 1. The third-order valence-electron chi connectivity index (χ3n) is 5.82. The lowest BCUT2D eigenvalue weighted by Gasteiger charge is -2.28. The number of hydrogen-bond acceptors (Lipinski definition) is 5. The number of amides is 2. The van der Waals surface area contributed by atoms with Crippen molar-refractivity contribution >= 4 is 28.3 Å². The second kappa shape index (κ2) is 5.01. The molecule has 4 heterocycles. The summed E-state index contributed by atoms with van der Waals surface area (Å²) in [6.07, 6.45) is 5.77. The van der Waals surface area contributed by atoms with Crippen LogP contribution in [0.4, 0.5) is 5.13 Å². The molecule has 0 radical (unpaired) electrons. The molecule has 3 aliphatic heterocycles. The van der Waals surface area contributed by atoms with E-state index < -0.39 is 0 Å². The maximum atomic E-state index is 13.0. The highest BCUT2D eigenvalue weighted by atomic mass is 32.1. The lowest BCUT2D eigenvalue weighted by molar-refractivity contribution is -0.141. The Morgan fingerprint density at radius 3 is 3.00 bits per heavy atom. The van der Waals surface area contributed by atoms with Crippen molar-refractivity contribution < 1.29 is 14.3 Å². The first-order valence-corrected chi connectivity index (χ1v) is 9.26. The normalized spacial score (nSPS) is 40.3. The summed E-state index contributed by atoms with van der Waals surface area (Å²) in [6.45, 7) is 0.677. The molecule has 4 aliphatic rings. The maximum absolute atomic E-state index is 13.0. The topological polar surface area (TPSA) is 71.5 Å². The van der Waals surface area contributed by atoms with Gasteiger partial charge in [-0.05, 0) is 37.5 Å². The first kappa shape index (κ1) is 13.9. The third kappa shape index (κ3) is 2.13. The molecule has 1 saturated carbocycles. The second-order valence-electron chi connectivity index (χ2n) is 7.06. The van der Waals surface area contributed by atoms with Gasteiger partial charge in [0.05, 0.1) is 18.1 Å². The molecule has 0 aromatic carbocycles. The average molecular weight is 333 g/mol. The van der Waals surface area contributed by atoms with Crippen molar-refractivity contribution in [1.82, 2.24) is 9.88 Å². The Balaban J connectivity index is 1.29. The van der Waals surface area contributed by atoms with Gasteiger partial charge in [-0.1, -0.05) is 0 Å². The zero-order chi connectivity index (χ0) is 15.6. The Labute approximate surface area is 138 Å². The van der Waals surface area contributed by atoms with Gasteiger partial charge in [-0.3, -0.25) is 9.59 Å². The molecule has 1 aromatic heterocycles. The SMILES string of the molecule is O=C(Nc1nccs1)C1CCCN1C(=O)[C@@H]1C[C@@H]2O[C@H]1[C@H]1C[C@H]12. The molecule has 1 aliphatic carbocycles. The molecule has 7 heteroatoms. The Morgan fingerprint density at radius 2 is 2.26 bits per heavy atom. The first-order valence-electron chi connectivity index (χ1n) is 8.38. The number of rotatable bonds is 3. The van der Waals surface area contributed by atoms with Gasteiger partial charge in [-0.25, -0.2) is 4.98 Å². The summed E-state index contributed by atoms with van der Waals surface area (Å²) in [5, 5.41) is 5.25. The monoisotopic (exact) mass is 333 g/mol. The van der Waals surface area contributed by atoms with E-state index in [9.17, 15) is 9.59 Å². The molecule has 4 fully saturated rings. The Bertz CT molecular complexity index is 649. The molecule has 2 amide bonds. The number of carbonyl (C=O) groups is 2. The molecule has 1 aromatic rings. The van der Waals surface area contributed by atoms with E-state index in [0.717, 1.165) is 19.3 Å². The Hall–Kier alpha value is -1.47. The lowest BCUT2D eigenvalue weighted by Crippen LogP contribution is -2.47. The third-order valence-corrected chi connectivity index (χ3v) is 6.51. The summed E-state index contributed by atoms with van der Waals surface area (Å²) >= 11 is 1.39. The largest absolute Gasteiger partial charge is 0.374 e. The summed E-state index contributed by atoms with van der Waals surface area (Å²) in [7, 11) is 0. The van der Waals surface area contributed by atoms with E-state index in [1.54, 1.807) is 11.1 Å². The van der Waals surface area contributed by atoms with Gasteiger partial charge in [-0.2, -0.15) is 0 Å². The molecule has 23 heavy (non-hydrogen) atoms. The van der Waals surface area contributed by atoms with Crippen LogP contribution in [0.2, 0.25) is 0 Å². The summed E-state index contributed by atoms with van der Waals surface area (Å²) < 4.78 is 5.95. The highest BCUT2D eigenvalue weighted by molar-refractivity contribution is 7.13. The summed E-state index contributed by atoms with van der Waals surface area (Å²) in [6, 6.07) is -0.361. The maximum Gasteiger partial charge on any atom is 0.248 e. The molecule has 0 spiro atoms. The number of fused-ring (bicyclic) bond motifs is 5. The minimum Gasteiger partial charge on any atom is -0.374 e. The van der Waals surface area contributed by atoms with Crippen LogP contribution in [0.5, 0.6) is 0 Å². The molecule has 1 unspecified atom stereocenters. The van der Waals surface area contributed by atoms with E-state index in [0.29, 0.717) is 29.6 Å². The molecule has 6 atom stereocenters. The fraction of sp³-hybridized carbons (Fsp3) is 0.688. The second-order valence-corrected chi connectivity index (χ2v) is 7.96. The van der Waals surface area contributed by atoms with Gasteiger partial charge in [-0.15, -0.1) is 11.3 Å². The number of hydrogen-bond donors (Lipinski definition) is 1. The summed E-state index contributed by atoms with van der Waals surface area (Å²) in [4.78, 5) is 31.3. The summed E-state index contributed by atoms with van der Waals surface area (Å²) in [5.41, 5.74) is 0. The van der Waals surface area contributed by atoms with Crippen molar-refractivity contribution in [3.05, 3.63) is 11.6 Å². The van der Waals surface area contributed by atoms with Crippen molar-refractivity contribution in [2.45, 2.75) is 43.9 Å². The predicted octanol–water partition coefficient (Wildman–Crippen LogP) is 1.50. The van der Waals surface area contributed by atoms with Crippen LogP contribution >= 0.6 is 11.3 Å². The molecule has 2 bridgehead atoms. The van der Waals surface area contributed by atoms with Gasteiger partial charge in [0.25, 0.3) is 0 Å². The number of ether oxygens (including phenoxy) is 1. The number of anilines is 1. The van der Waals surface area contributed by atoms with E-state index in [4.69, 9.17) is 4.74 Å². The molecule has 122 valence electrons. The van der Waals surface area contributed by atoms with Gasteiger partial charge >= 0.3 is 0 Å². The van der Waals surface area contributed by atoms with Gasteiger partial charge in [0, 0.05) is 18.1 Å². The number of nitrogens with zero attached hydrogens (tertiary/aromatic N) is 2. The number of carbonyl (C=O) groups excluding carboxylic acids is 2. The average Bonchev–Trinajstić information content (AvgIpc) is 3.04. The molecule has 1 N–H and O–H groups in total. The molecular formula is C16H19N3O3S. The number of thiazole rings is 1. The van der Waals surface area contributed by atoms with E-state index in [1.807, 2.05) is 5.38 Å². The quantitative estimate of drug-likeness (QED) is 0.910. The van der Waals surface area contributed by atoms with E-state index in [1.165, 1.54) is 17.8 Å². The highest BCUT2D eigenvalue weighted by Crippen LogP contribution is 2.61. The van der Waals surface area contributed by atoms with Crippen LogP contribution < -0.4 is 5.32 Å². The van der Waals surface area contributed by atoms with E-state index in [2.05, 4.69) is 10.3 Å². The lowest BCUT2D eigenvalue weighted by atomic mass is 9.88. The first-order chi connectivity index (χ1) is 11.2. The standard InChI is InChI=1S/C16H19N3O3S/c20-14(18-16-17-3-5-23-16)11-2-1-4-19(11)15(21)10-7-12-8-6-9(8)13(10)22-12/h3,5,8-13H,1-2,4,6-7H2,(H,17,18,20)/t8-,9+,10-,11?,12+,13+/m1/s1. The zero-order valence-electron chi connectivity index (χ0n) is 12.7. The van der Waals surface area contributed by atoms with Crippen LogP contribution in [0.1, 0.15) is 25.7 Å². The Kier molecular flexibility index (Phi) is 3.03. The van der Waals surface area contributed by atoms with E-state index in [-0.39, 0.29) is 29.9 Å². The van der Waals surface area contributed by atoms with E-state index >= 15 is 0 Å². The zero-order valence-corrected chi connectivity index (χ0v) is 13.5. The molecule has 3 saturated heterocycles. The van der Waals surface area contributed by atoms with Gasteiger partial charge < -0.3 is 15.0 Å². The van der Waals surface area contributed by atoms with Crippen LogP contribution in [0.15, 0.2) is 11.6 Å². The van der Waals surface area contributed by atoms with Crippen molar-refractivity contribution in [2.75, 3.05) is 11.9 Å². The highest BCUT2D eigenvalue weighted by Gasteiger charge is 2.64. The van der Waals surface area contributed by atoms with Crippen LogP contribution in [0.3, 0.4) is 0 Å². The minimum absolute atomic E-state index is 0.0305. The van der Waals surface area contributed by atoms with Crippen molar-refractivity contribution in [2.24, 2.45) is 17.8 Å². The predicted molar refractivity (Wildman–Crippen MR) is 83.8 cm³/mol. The van der Waals surface area contributed by atoms with Crippen LogP contribution in [-0.2, 0) is 14.3 Å². The van der Waals surface area contributed by atoms with Crippen LogP contribution in [-0.4, -0.2) is 46.5 Å². The fourth-order valence-electron chi connectivity index (χ4n) is 4.68. The minimum atomic E-state index is -0.361. The van der Waals surface area contributed by atoms with Crippen LogP contribution in [0.25, 0.3) is 0 Å². The molecular weight excluding hydrogens is 314 g/mol. The molecule has 6 nitrogen and oxygen atoms in total. The van der Waals surface area contributed by atoms with Gasteiger partial charge in [0.1, 0.15) is 6.04 Å². The number of likely N-dealkylation sites (tertiary alicyclic amines) is 1. The fourth-order valence-corrected chi connectivity index (χ4v) is 5.22. The molecule has 5 rings (SSSR count). The van der Waals surface area contributed by atoms with Gasteiger partial charge in [0.2, 0.25) is 11.8 Å². The number of nitrogens with one attached hydrogen (secondary N) is 1. The van der Waals surface area contributed by atoms with Crippen LogP contribution in [0, 0.1) is 17.8 Å². The smallest absolute Gasteiger partial charge is 0.248 e. The van der Waals surface area contributed by atoms with Crippen molar-refractivity contribution in [3.63, 3.8) is 0 Å². The van der Waals surface area contributed by atoms with Crippen molar-refractivity contribution in [1.29, 1.82) is 0 Å². The summed E-state index contributed by atoms with van der Waals surface area (Å²) in [5.74, 6) is 1.30.